The third kappa shape index (κ3) is 2.67. The van der Waals surface area contributed by atoms with Crippen LogP contribution in [0.3, 0.4) is 0 Å². The Labute approximate surface area is 106 Å². The van der Waals surface area contributed by atoms with Crippen LogP contribution in [0.4, 0.5) is 5.82 Å². The zero-order chi connectivity index (χ0) is 12.4. The maximum atomic E-state index is 12.0. The lowest BCUT2D eigenvalue weighted by Gasteiger charge is -2.22. The Bertz CT molecular complexity index is 421. The number of amides is 1. The van der Waals surface area contributed by atoms with Crippen LogP contribution in [0.5, 0.6) is 0 Å². The Morgan fingerprint density at radius 3 is 2.72 bits per heavy atom. The fraction of sp³-hybridized carbons (Fsp3) is 0.615. The third-order valence-corrected chi connectivity index (χ3v) is 3.56. The number of nitrogens with one attached hydrogen (secondary N) is 2. The van der Waals surface area contributed by atoms with Gasteiger partial charge in [-0.3, -0.25) is 4.79 Å². The summed E-state index contributed by atoms with van der Waals surface area (Å²) in [5.74, 6) is 1.15. The Hall–Kier alpha value is -1.49. The molecule has 1 saturated heterocycles. The molecule has 2 aliphatic rings. The van der Waals surface area contributed by atoms with Gasteiger partial charge in [-0.05, 0) is 44.4 Å². The second-order valence-electron chi connectivity index (χ2n) is 5.11. The first kappa shape index (κ1) is 11.6. The molecule has 0 unspecified atom stereocenters. The number of piperidine rings is 1. The van der Waals surface area contributed by atoms with Crippen molar-refractivity contribution in [3.05, 3.63) is 17.8 Å². The van der Waals surface area contributed by atoms with Gasteiger partial charge in [-0.1, -0.05) is 6.42 Å². The van der Waals surface area contributed by atoms with Crippen LogP contribution >= 0.6 is 0 Å². The molecule has 1 saturated carbocycles. The molecule has 0 bridgehead atoms. The summed E-state index contributed by atoms with van der Waals surface area (Å²) in [5.41, 5.74) is 1.05. The van der Waals surface area contributed by atoms with E-state index < -0.39 is 0 Å². The zero-order valence-electron chi connectivity index (χ0n) is 10.4. The summed E-state index contributed by atoms with van der Waals surface area (Å²) in [5, 5.41) is 14.3. The molecule has 2 fully saturated rings. The molecule has 2 heterocycles. The third-order valence-electron chi connectivity index (χ3n) is 3.56. The molecule has 96 valence electrons. The summed E-state index contributed by atoms with van der Waals surface area (Å²) in [6.07, 6.45) is 5.59. The lowest BCUT2D eigenvalue weighted by Crippen LogP contribution is -2.43. The number of aromatic nitrogens is 2. The van der Waals surface area contributed by atoms with E-state index in [-0.39, 0.29) is 11.9 Å². The maximum absolute atomic E-state index is 12.0. The molecule has 1 atom stereocenters. The van der Waals surface area contributed by atoms with Crippen molar-refractivity contribution in [2.75, 3.05) is 11.9 Å². The van der Waals surface area contributed by atoms with Crippen molar-refractivity contribution in [1.82, 2.24) is 15.5 Å². The molecular weight excluding hydrogens is 228 g/mol. The smallest absolute Gasteiger partial charge is 0.242 e. The van der Waals surface area contributed by atoms with E-state index in [1.54, 1.807) is 0 Å². The summed E-state index contributed by atoms with van der Waals surface area (Å²) in [6.45, 7) is 0.921. The van der Waals surface area contributed by atoms with Crippen LogP contribution in [0.2, 0.25) is 0 Å². The fourth-order valence-corrected chi connectivity index (χ4v) is 2.30. The minimum Gasteiger partial charge on any atom is -0.308 e. The van der Waals surface area contributed by atoms with Gasteiger partial charge in [-0.2, -0.15) is 5.10 Å². The van der Waals surface area contributed by atoms with Crippen molar-refractivity contribution in [3.8, 4) is 0 Å². The number of carbonyl (C=O) groups is 1. The van der Waals surface area contributed by atoms with E-state index in [2.05, 4.69) is 20.8 Å². The van der Waals surface area contributed by atoms with Crippen LogP contribution in [0.1, 0.15) is 43.7 Å². The van der Waals surface area contributed by atoms with Gasteiger partial charge in [-0.25, -0.2) is 0 Å². The molecule has 1 aromatic rings. The highest BCUT2D eigenvalue weighted by molar-refractivity contribution is 5.94. The second-order valence-corrected chi connectivity index (χ2v) is 5.11. The van der Waals surface area contributed by atoms with E-state index in [1.807, 2.05) is 12.1 Å². The molecule has 18 heavy (non-hydrogen) atoms. The van der Waals surface area contributed by atoms with Crippen molar-refractivity contribution >= 4 is 11.7 Å². The molecule has 5 nitrogen and oxygen atoms in total. The van der Waals surface area contributed by atoms with Gasteiger partial charge in [0.2, 0.25) is 5.91 Å². The maximum Gasteiger partial charge on any atom is 0.242 e. The number of carbonyl (C=O) groups excluding carboxylic acids is 1. The normalized spacial score (nSPS) is 23.7. The average molecular weight is 246 g/mol. The number of anilines is 1. The molecule has 1 aliphatic heterocycles. The monoisotopic (exact) mass is 246 g/mol. The van der Waals surface area contributed by atoms with E-state index in [0.717, 1.165) is 31.5 Å². The van der Waals surface area contributed by atoms with E-state index >= 15 is 0 Å². The molecule has 0 radical (unpaired) electrons. The number of rotatable bonds is 3. The zero-order valence-corrected chi connectivity index (χ0v) is 10.4. The standard InChI is InChI=1S/C13H18N4O/c18-13(11-3-1-2-8-14-11)15-12-7-6-10(16-17-12)9-4-5-9/h6-7,9,11,14H,1-5,8H2,(H,15,17,18)/t11-/m1/s1. The fourth-order valence-electron chi connectivity index (χ4n) is 2.30. The molecular formula is C13H18N4O. The van der Waals surface area contributed by atoms with Crippen LogP contribution in [-0.4, -0.2) is 28.7 Å². The molecule has 2 N–H and O–H groups in total. The van der Waals surface area contributed by atoms with Crippen molar-refractivity contribution in [2.24, 2.45) is 0 Å². The lowest BCUT2D eigenvalue weighted by molar-refractivity contribution is -0.118. The summed E-state index contributed by atoms with van der Waals surface area (Å²) in [6, 6.07) is 3.74. The molecule has 1 amide bonds. The summed E-state index contributed by atoms with van der Waals surface area (Å²) < 4.78 is 0. The summed E-state index contributed by atoms with van der Waals surface area (Å²) in [7, 11) is 0. The van der Waals surface area contributed by atoms with Crippen LogP contribution in [0.25, 0.3) is 0 Å². The van der Waals surface area contributed by atoms with E-state index in [1.165, 1.54) is 12.8 Å². The first-order valence-electron chi connectivity index (χ1n) is 6.71. The van der Waals surface area contributed by atoms with Crippen LogP contribution in [0.15, 0.2) is 12.1 Å². The van der Waals surface area contributed by atoms with Gasteiger partial charge in [0.15, 0.2) is 5.82 Å². The van der Waals surface area contributed by atoms with E-state index in [9.17, 15) is 4.79 Å². The van der Waals surface area contributed by atoms with Crippen LogP contribution < -0.4 is 10.6 Å². The van der Waals surface area contributed by atoms with Crippen molar-refractivity contribution in [1.29, 1.82) is 0 Å². The van der Waals surface area contributed by atoms with Crippen LogP contribution in [-0.2, 0) is 4.79 Å². The van der Waals surface area contributed by atoms with Gasteiger partial charge in [-0.15, -0.1) is 5.10 Å². The molecule has 0 spiro atoms. The molecule has 3 rings (SSSR count). The van der Waals surface area contributed by atoms with Gasteiger partial charge in [0.05, 0.1) is 11.7 Å². The first-order chi connectivity index (χ1) is 8.83. The average Bonchev–Trinajstić information content (AvgIpc) is 3.25. The quantitative estimate of drug-likeness (QED) is 0.846. The van der Waals surface area contributed by atoms with Crippen molar-refractivity contribution in [3.63, 3.8) is 0 Å². The minimum atomic E-state index is -0.0799. The summed E-state index contributed by atoms with van der Waals surface area (Å²) in [4.78, 5) is 12.0. The predicted molar refractivity (Wildman–Crippen MR) is 68.3 cm³/mol. The Kier molecular flexibility index (Phi) is 3.23. The van der Waals surface area contributed by atoms with Gasteiger partial charge >= 0.3 is 0 Å². The molecule has 1 aliphatic carbocycles. The SMILES string of the molecule is O=C(Nc1ccc(C2CC2)nn1)[C@H]1CCCCN1. The minimum absolute atomic E-state index is 0.00294. The number of hydrogen-bond donors (Lipinski definition) is 2. The largest absolute Gasteiger partial charge is 0.308 e. The topological polar surface area (TPSA) is 66.9 Å². The van der Waals surface area contributed by atoms with Gasteiger partial charge in [0.25, 0.3) is 0 Å². The van der Waals surface area contributed by atoms with Gasteiger partial charge in [0, 0.05) is 5.92 Å². The van der Waals surface area contributed by atoms with Gasteiger partial charge in [0.1, 0.15) is 0 Å². The Morgan fingerprint density at radius 2 is 2.11 bits per heavy atom. The highest BCUT2D eigenvalue weighted by Gasteiger charge is 2.25. The van der Waals surface area contributed by atoms with E-state index in [0.29, 0.717) is 11.7 Å². The van der Waals surface area contributed by atoms with Crippen molar-refractivity contribution in [2.45, 2.75) is 44.1 Å². The Morgan fingerprint density at radius 1 is 1.22 bits per heavy atom. The van der Waals surface area contributed by atoms with Gasteiger partial charge < -0.3 is 10.6 Å². The predicted octanol–water partition coefficient (Wildman–Crippen LogP) is 1.43. The Balaban J connectivity index is 1.59. The highest BCUT2D eigenvalue weighted by atomic mass is 16.2. The van der Waals surface area contributed by atoms with Crippen molar-refractivity contribution < 1.29 is 4.79 Å². The summed E-state index contributed by atoms with van der Waals surface area (Å²) >= 11 is 0. The molecule has 5 heteroatoms. The highest BCUT2D eigenvalue weighted by Crippen LogP contribution is 2.38. The van der Waals surface area contributed by atoms with Crippen LogP contribution in [0, 0.1) is 0 Å². The first-order valence-corrected chi connectivity index (χ1v) is 6.71. The molecule has 0 aromatic carbocycles. The number of hydrogen-bond acceptors (Lipinski definition) is 4. The lowest BCUT2D eigenvalue weighted by atomic mass is 10.0. The second kappa shape index (κ2) is 5.02. The van der Waals surface area contributed by atoms with E-state index in [4.69, 9.17) is 0 Å². The molecule has 1 aromatic heterocycles. The number of nitrogens with zero attached hydrogens (tertiary/aromatic N) is 2.